The summed E-state index contributed by atoms with van der Waals surface area (Å²) in [4.78, 5) is 15.5. The fraction of sp³-hybridized carbons (Fsp3) is 0.133. The molecule has 0 bridgehead atoms. The molecule has 0 saturated carbocycles. The van der Waals surface area contributed by atoms with Crippen LogP contribution in [0.1, 0.15) is 5.56 Å². The van der Waals surface area contributed by atoms with Crippen LogP contribution < -0.4 is 10.1 Å². The van der Waals surface area contributed by atoms with Crippen LogP contribution >= 0.6 is 0 Å². The van der Waals surface area contributed by atoms with E-state index in [1.807, 2.05) is 0 Å². The maximum atomic E-state index is 11.3. The van der Waals surface area contributed by atoms with Crippen LogP contribution in [0.3, 0.4) is 0 Å². The molecule has 0 fully saturated rings. The van der Waals surface area contributed by atoms with Gasteiger partial charge in [-0.2, -0.15) is 5.10 Å². The number of hydrogen-bond acceptors (Lipinski definition) is 7. The molecule has 118 valence electrons. The van der Waals surface area contributed by atoms with Gasteiger partial charge in [0.2, 0.25) is 0 Å². The highest BCUT2D eigenvalue weighted by atomic mass is 16.7. The number of benzene rings is 1. The first-order valence-corrected chi connectivity index (χ1v) is 6.73. The molecule has 0 amide bonds. The zero-order chi connectivity index (χ0) is 16.4. The van der Waals surface area contributed by atoms with Gasteiger partial charge in [-0.25, -0.2) is 14.3 Å². The molecule has 0 spiro atoms. The largest absolute Gasteiger partial charge is 0.513 e. The van der Waals surface area contributed by atoms with Gasteiger partial charge in [-0.1, -0.05) is 6.07 Å². The number of carbonyl (C=O) groups excluding carboxylic acids is 1. The summed E-state index contributed by atoms with van der Waals surface area (Å²) < 4.78 is 11.1. The number of fused-ring (bicyclic) bond motifs is 1. The van der Waals surface area contributed by atoms with Crippen LogP contribution in [0.4, 0.5) is 16.3 Å². The summed E-state index contributed by atoms with van der Waals surface area (Å²) in [6.07, 6.45) is 2.13. The number of carbonyl (C=O) groups is 1. The van der Waals surface area contributed by atoms with Crippen molar-refractivity contribution in [1.29, 1.82) is 0 Å². The summed E-state index contributed by atoms with van der Waals surface area (Å²) in [5.74, 6) is 0.987. The Hall–Kier alpha value is -3.29. The Morgan fingerprint density at radius 1 is 1.39 bits per heavy atom. The van der Waals surface area contributed by atoms with E-state index in [-0.39, 0.29) is 5.75 Å². The molecule has 23 heavy (non-hydrogen) atoms. The Labute approximate surface area is 131 Å². The van der Waals surface area contributed by atoms with Crippen molar-refractivity contribution in [3.05, 3.63) is 42.4 Å². The van der Waals surface area contributed by atoms with Crippen molar-refractivity contribution in [2.75, 3.05) is 12.4 Å². The predicted octanol–water partition coefficient (Wildman–Crippen LogP) is 2.63. The lowest BCUT2D eigenvalue weighted by Gasteiger charge is -2.08. The quantitative estimate of drug-likeness (QED) is 0.717. The van der Waals surface area contributed by atoms with Crippen molar-refractivity contribution in [1.82, 2.24) is 14.6 Å². The first-order chi connectivity index (χ1) is 11.1. The Morgan fingerprint density at radius 3 is 2.96 bits per heavy atom. The van der Waals surface area contributed by atoms with Crippen LogP contribution in [0.5, 0.6) is 11.5 Å². The number of nitrogens with one attached hydrogen (secondary N) is 1. The Bertz CT molecular complexity index is 875. The molecule has 2 heterocycles. The highest BCUT2D eigenvalue weighted by Crippen LogP contribution is 2.30. The van der Waals surface area contributed by atoms with E-state index in [0.717, 1.165) is 0 Å². The number of phenolic OH excluding ortho intramolecular Hbond substituents is 1. The summed E-state index contributed by atoms with van der Waals surface area (Å²) >= 11 is 0. The van der Waals surface area contributed by atoms with Gasteiger partial charge in [0.1, 0.15) is 17.6 Å². The van der Waals surface area contributed by atoms with E-state index < -0.39 is 6.16 Å². The first kappa shape index (κ1) is 14.6. The van der Waals surface area contributed by atoms with E-state index in [0.29, 0.717) is 28.3 Å². The number of methoxy groups -OCH3 is 1. The number of ether oxygens (including phenoxy) is 2. The predicted molar refractivity (Wildman–Crippen MR) is 82.1 cm³/mol. The number of aromatic hydroxyl groups is 1. The van der Waals surface area contributed by atoms with Crippen molar-refractivity contribution >= 4 is 23.2 Å². The molecule has 0 aliphatic rings. The molecule has 0 saturated heterocycles. The van der Waals surface area contributed by atoms with E-state index in [1.165, 1.54) is 13.4 Å². The Kier molecular flexibility index (Phi) is 3.71. The fourth-order valence-corrected chi connectivity index (χ4v) is 2.18. The number of rotatable bonds is 3. The summed E-state index contributed by atoms with van der Waals surface area (Å²) in [6, 6.07) is 6.66. The fourth-order valence-electron chi connectivity index (χ4n) is 2.18. The van der Waals surface area contributed by atoms with Crippen LogP contribution in [0.2, 0.25) is 0 Å². The molecule has 0 radical (unpaired) electrons. The second kappa shape index (κ2) is 5.84. The van der Waals surface area contributed by atoms with Gasteiger partial charge in [0.25, 0.3) is 0 Å². The molecule has 1 aromatic carbocycles. The molecule has 0 atom stereocenters. The maximum Gasteiger partial charge on any atom is 0.513 e. The topological polar surface area (TPSA) is 98.0 Å². The van der Waals surface area contributed by atoms with E-state index >= 15 is 0 Å². The zero-order valence-electron chi connectivity index (χ0n) is 12.5. The van der Waals surface area contributed by atoms with Crippen LogP contribution in [-0.4, -0.2) is 33.0 Å². The van der Waals surface area contributed by atoms with E-state index in [4.69, 9.17) is 4.74 Å². The molecule has 8 nitrogen and oxygen atoms in total. The summed E-state index contributed by atoms with van der Waals surface area (Å²) in [5.41, 5.74) is 2.00. The molecule has 0 aliphatic carbocycles. The third kappa shape index (κ3) is 2.86. The Morgan fingerprint density at radius 2 is 2.22 bits per heavy atom. The van der Waals surface area contributed by atoms with Gasteiger partial charge in [-0.3, -0.25) is 0 Å². The number of hydrogen-bond donors (Lipinski definition) is 2. The summed E-state index contributed by atoms with van der Waals surface area (Å²) in [7, 11) is 1.24. The minimum atomic E-state index is -0.806. The summed E-state index contributed by atoms with van der Waals surface area (Å²) in [6.45, 7) is 1.78. The molecule has 0 aliphatic heterocycles. The molecule has 2 N–H and O–H groups in total. The molecule has 8 heteroatoms. The summed E-state index contributed by atoms with van der Waals surface area (Å²) in [5, 5.41) is 16.7. The van der Waals surface area contributed by atoms with Crippen molar-refractivity contribution < 1.29 is 19.4 Å². The second-order valence-electron chi connectivity index (χ2n) is 4.75. The smallest absolute Gasteiger partial charge is 0.508 e. The van der Waals surface area contributed by atoms with Gasteiger partial charge >= 0.3 is 6.16 Å². The number of nitrogens with zero attached hydrogens (tertiary/aromatic N) is 3. The lowest BCUT2D eigenvalue weighted by atomic mass is 10.2. The van der Waals surface area contributed by atoms with Crippen molar-refractivity contribution in [2.24, 2.45) is 0 Å². The number of anilines is 2. The van der Waals surface area contributed by atoms with E-state index in [1.54, 1.807) is 41.9 Å². The SMILES string of the molecule is COC(=O)Oc1cn2ncnc(Nc3cccc(O)c3)c2c1C. The Balaban J connectivity index is 2.02. The monoisotopic (exact) mass is 314 g/mol. The molecule has 0 unspecified atom stereocenters. The van der Waals surface area contributed by atoms with Gasteiger partial charge in [-0.05, 0) is 19.1 Å². The van der Waals surface area contributed by atoms with E-state index in [2.05, 4.69) is 20.1 Å². The minimum absolute atomic E-state index is 0.141. The zero-order valence-corrected chi connectivity index (χ0v) is 12.5. The highest BCUT2D eigenvalue weighted by Gasteiger charge is 2.16. The number of aromatic nitrogens is 3. The molecular weight excluding hydrogens is 300 g/mol. The van der Waals surface area contributed by atoms with Crippen LogP contribution in [0.25, 0.3) is 5.52 Å². The van der Waals surface area contributed by atoms with Crippen LogP contribution in [0, 0.1) is 6.92 Å². The molecular formula is C15H14N4O4. The van der Waals surface area contributed by atoms with Crippen molar-refractivity contribution in [2.45, 2.75) is 6.92 Å². The maximum absolute atomic E-state index is 11.3. The first-order valence-electron chi connectivity index (χ1n) is 6.73. The lowest BCUT2D eigenvalue weighted by molar-refractivity contribution is 0.121. The van der Waals surface area contributed by atoms with Crippen LogP contribution in [-0.2, 0) is 4.74 Å². The lowest BCUT2D eigenvalue weighted by Crippen LogP contribution is -2.07. The van der Waals surface area contributed by atoms with Crippen molar-refractivity contribution in [3.8, 4) is 11.5 Å². The van der Waals surface area contributed by atoms with Gasteiger partial charge < -0.3 is 19.9 Å². The number of aryl methyl sites for hydroxylation is 1. The normalized spacial score (nSPS) is 10.5. The van der Waals surface area contributed by atoms with Crippen molar-refractivity contribution in [3.63, 3.8) is 0 Å². The minimum Gasteiger partial charge on any atom is -0.508 e. The average Bonchev–Trinajstić information content (AvgIpc) is 2.84. The second-order valence-corrected chi connectivity index (χ2v) is 4.75. The number of phenols is 1. The van der Waals surface area contributed by atoms with Gasteiger partial charge in [0, 0.05) is 17.3 Å². The average molecular weight is 314 g/mol. The van der Waals surface area contributed by atoms with Gasteiger partial charge in [0.05, 0.1) is 13.3 Å². The standard InChI is InChI=1S/C15H14N4O4/c1-9-12(23-15(21)22-2)7-19-13(9)14(16-8-17-19)18-10-4-3-5-11(20)6-10/h3-8,20H,1-2H3,(H,16,17,18). The third-order valence-corrected chi connectivity index (χ3v) is 3.25. The third-order valence-electron chi connectivity index (χ3n) is 3.25. The highest BCUT2D eigenvalue weighted by molar-refractivity contribution is 5.79. The van der Waals surface area contributed by atoms with Crippen LogP contribution in [0.15, 0.2) is 36.8 Å². The van der Waals surface area contributed by atoms with Gasteiger partial charge in [-0.15, -0.1) is 0 Å². The molecule has 3 aromatic rings. The molecule has 3 rings (SSSR count). The van der Waals surface area contributed by atoms with Gasteiger partial charge in [0.15, 0.2) is 11.6 Å². The van der Waals surface area contributed by atoms with E-state index in [9.17, 15) is 9.90 Å². The molecule has 2 aromatic heterocycles.